The molecule has 13 heteroatoms. The van der Waals surface area contributed by atoms with E-state index >= 15 is 0 Å². The topological polar surface area (TPSA) is 132 Å². The average molecular weight is 523 g/mol. The number of primary sulfonamides is 1. The number of hydrogen-bond acceptors (Lipinski definition) is 6. The summed E-state index contributed by atoms with van der Waals surface area (Å²) in [5.74, 6) is 1.22. The van der Waals surface area contributed by atoms with Crippen molar-refractivity contribution in [2.75, 3.05) is 6.54 Å². The second-order valence-corrected chi connectivity index (χ2v) is 12.0. The van der Waals surface area contributed by atoms with Gasteiger partial charge in [0.1, 0.15) is 11.9 Å². The van der Waals surface area contributed by atoms with Crippen molar-refractivity contribution in [1.29, 1.82) is 0 Å². The fourth-order valence-electron chi connectivity index (χ4n) is 3.75. The van der Waals surface area contributed by atoms with E-state index in [-0.39, 0.29) is 34.1 Å². The van der Waals surface area contributed by atoms with Crippen LogP contribution < -0.4 is 9.94 Å². The van der Waals surface area contributed by atoms with E-state index in [4.69, 9.17) is 11.6 Å². The molecule has 1 unspecified atom stereocenters. The van der Waals surface area contributed by atoms with Gasteiger partial charge in [-0.25, -0.2) is 26.4 Å². The molecule has 2 N–H and O–H groups in total. The molecule has 0 aliphatic carbocycles. The van der Waals surface area contributed by atoms with Crippen molar-refractivity contribution in [2.24, 2.45) is 10.1 Å². The second kappa shape index (κ2) is 9.05. The summed E-state index contributed by atoms with van der Waals surface area (Å²) in [5.41, 5.74) is 0.559. The van der Waals surface area contributed by atoms with Gasteiger partial charge >= 0.3 is 0 Å². The molecule has 1 amide bonds. The number of sulfonamides is 2. The van der Waals surface area contributed by atoms with Crippen LogP contribution >= 0.6 is 11.3 Å². The van der Waals surface area contributed by atoms with Gasteiger partial charge in [-0.1, -0.05) is 17.3 Å². The fraction of sp³-hybridized carbons (Fsp3) is 0.238. The van der Waals surface area contributed by atoms with Gasteiger partial charge in [-0.05, 0) is 55.3 Å². The van der Waals surface area contributed by atoms with Crippen molar-refractivity contribution >= 4 is 47.5 Å². The third-order valence-corrected chi connectivity index (χ3v) is 9.22. The van der Waals surface area contributed by atoms with Crippen molar-refractivity contribution in [3.63, 3.8) is 0 Å². The van der Waals surface area contributed by atoms with Crippen LogP contribution in [0, 0.1) is 18.2 Å². The number of nitrogens with two attached hydrogens (primary N) is 1. The van der Waals surface area contributed by atoms with Crippen LogP contribution in [0.15, 0.2) is 57.2 Å². The SMILES string of the molecule is C#CCn1c(=NC(=O)C2CCCN2S(=O)(=O)c2ccc(F)cc2)sc2cc(S(N)(=O)=O)ccc21. The largest absolute Gasteiger partial charge is 0.305 e. The summed E-state index contributed by atoms with van der Waals surface area (Å²) in [6, 6.07) is 7.57. The van der Waals surface area contributed by atoms with E-state index < -0.39 is 37.8 Å². The Bertz CT molecular complexity index is 1600. The van der Waals surface area contributed by atoms with Crippen molar-refractivity contribution in [1.82, 2.24) is 8.87 Å². The molecular weight excluding hydrogens is 503 g/mol. The Morgan fingerprint density at radius 3 is 2.50 bits per heavy atom. The first-order chi connectivity index (χ1) is 16.0. The van der Waals surface area contributed by atoms with E-state index in [0.29, 0.717) is 16.6 Å². The molecule has 2 heterocycles. The molecule has 1 aliphatic rings. The smallest absolute Gasteiger partial charge is 0.266 e. The zero-order valence-electron chi connectivity index (χ0n) is 17.6. The number of aromatic nitrogens is 1. The summed E-state index contributed by atoms with van der Waals surface area (Å²) in [6.07, 6.45) is 6.20. The van der Waals surface area contributed by atoms with Crippen LogP contribution in [0.1, 0.15) is 12.8 Å². The van der Waals surface area contributed by atoms with Gasteiger partial charge in [0.05, 0.1) is 26.6 Å². The van der Waals surface area contributed by atoms with Gasteiger partial charge in [0.2, 0.25) is 20.0 Å². The Kier molecular flexibility index (Phi) is 6.45. The molecule has 0 radical (unpaired) electrons. The highest BCUT2D eigenvalue weighted by Gasteiger charge is 2.39. The average Bonchev–Trinajstić information content (AvgIpc) is 3.39. The number of carbonyl (C=O) groups excluding carboxylic acids is 1. The number of fused-ring (bicyclic) bond motifs is 1. The summed E-state index contributed by atoms with van der Waals surface area (Å²) >= 11 is 1.04. The maximum atomic E-state index is 13.2. The molecule has 0 bridgehead atoms. The summed E-state index contributed by atoms with van der Waals surface area (Å²) in [5, 5.41) is 5.20. The van der Waals surface area contributed by atoms with E-state index in [1.165, 1.54) is 18.2 Å². The first-order valence-electron chi connectivity index (χ1n) is 9.98. The van der Waals surface area contributed by atoms with Crippen molar-refractivity contribution in [2.45, 2.75) is 35.2 Å². The standard InChI is InChI=1S/C21H19FN4O5S3/c1-2-11-25-17-10-9-16(33(23,28)29)13-19(17)32-21(25)24-20(27)18-4-3-12-26(18)34(30,31)15-7-5-14(22)6-8-15/h1,5-10,13,18H,3-4,11-12H2,(H2,23,28,29). The third kappa shape index (κ3) is 4.55. The van der Waals surface area contributed by atoms with E-state index in [1.807, 2.05) is 0 Å². The Hall–Kier alpha value is -2.89. The molecular formula is C21H19FN4O5S3. The Morgan fingerprint density at radius 2 is 1.85 bits per heavy atom. The molecule has 1 fully saturated rings. The van der Waals surface area contributed by atoms with Gasteiger partial charge in [0, 0.05) is 6.54 Å². The quantitative estimate of drug-likeness (QED) is 0.506. The number of halogens is 1. The molecule has 9 nitrogen and oxygen atoms in total. The van der Waals surface area contributed by atoms with Crippen LogP contribution in [-0.4, -0.2) is 44.2 Å². The predicted molar refractivity (Wildman–Crippen MR) is 124 cm³/mol. The van der Waals surface area contributed by atoms with Crippen molar-refractivity contribution in [3.8, 4) is 12.3 Å². The first-order valence-corrected chi connectivity index (χ1v) is 13.8. The molecule has 1 atom stereocenters. The van der Waals surface area contributed by atoms with Gasteiger partial charge in [-0.2, -0.15) is 9.30 Å². The normalized spacial score (nSPS) is 17.8. The van der Waals surface area contributed by atoms with E-state index in [2.05, 4.69) is 10.9 Å². The molecule has 34 heavy (non-hydrogen) atoms. The van der Waals surface area contributed by atoms with Gasteiger partial charge in [0.15, 0.2) is 4.80 Å². The highest BCUT2D eigenvalue weighted by Crippen LogP contribution is 2.27. The minimum Gasteiger partial charge on any atom is -0.305 e. The van der Waals surface area contributed by atoms with Crippen molar-refractivity contribution in [3.05, 3.63) is 53.1 Å². The van der Waals surface area contributed by atoms with Gasteiger partial charge < -0.3 is 4.57 Å². The minimum absolute atomic E-state index is 0.0586. The predicted octanol–water partition coefficient (Wildman–Crippen LogP) is 1.40. The third-order valence-electron chi connectivity index (χ3n) is 5.35. The number of rotatable bonds is 5. The van der Waals surface area contributed by atoms with Gasteiger partial charge in [0.25, 0.3) is 5.91 Å². The maximum Gasteiger partial charge on any atom is 0.266 e. The van der Waals surface area contributed by atoms with E-state index in [0.717, 1.165) is 39.9 Å². The van der Waals surface area contributed by atoms with E-state index in [9.17, 15) is 26.0 Å². The number of nitrogens with zero attached hydrogens (tertiary/aromatic N) is 3. The number of carbonyl (C=O) groups is 1. The Labute approximate surface area is 199 Å². The van der Waals surface area contributed by atoms with E-state index in [1.54, 1.807) is 4.57 Å². The molecule has 0 spiro atoms. The fourth-order valence-corrected chi connectivity index (χ4v) is 7.08. The molecule has 2 aromatic carbocycles. The summed E-state index contributed by atoms with van der Waals surface area (Å²) in [4.78, 5) is 17.3. The monoisotopic (exact) mass is 522 g/mol. The summed E-state index contributed by atoms with van der Waals surface area (Å²) in [7, 11) is -7.98. The van der Waals surface area contributed by atoms with Crippen LogP contribution in [0.2, 0.25) is 0 Å². The van der Waals surface area contributed by atoms with Crippen LogP contribution in [0.3, 0.4) is 0 Å². The maximum absolute atomic E-state index is 13.2. The lowest BCUT2D eigenvalue weighted by Gasteiger charge is -2.21. The number of thiazole rings is 1. The second-order valence-electron chi connectivity index (χ2n) is 7.53. The van der Waals surface area contributed by atoms with Crippen LogP contribution in [-0.2, 0) is 31.4 Å². The summed E-state index contributed by atoms with van der Waals surface area (Å²) in [6.45, 7) is 0.184. The van der Waals surface area contributed by atoms with Crippen LogP contribution in [0.5, 0.6) is 0 Å². The molecule has 1 aliphatic heterocycles. The molecule has 1 saturated heterocycles. The minimum atomic E-state index is -4.04. The molecule has 1 aromatic heterocycles. The zero-order chi connectivity index (χ0) is 24.7. The zero-order valence-corrected chi connectivity index (χ0v) is 20.0. The van der Waals surface area contributed by atoms with Crippen LogP contribution in [0.4, 0.5) is 4.39 Å². The number of terminal acetylenes is 1. The number of hydrogen-bond donors (Lipinski definition) is 1. The molecule has 3 aromatic rings. The number of benzene rings is 2. The Morgan fingerprint density at radius 1 is 1.18 bits per heavy atom. The highest BCUT2D eigenvalue weighted by atomic mass is 32.2. The number of amides is 1. The molecule has 0 saturated carbocycles. The Balaban J connectivity index is 1.75. The summed E-state index contributed by atoms with van der Waals surface area (Å²) < 4.78 is 65.9. The molecule has 178 valence electrons. The van der Waals surface area contributed by atoms with Gasteiger partial charge in [-0.15, -0.1) is 6.42 Å². The van der Waals surface area contributed by atoms with Crippen LogP contribution in [0.25, 0.3) is 10.2 Å². The first kappa shape index (κ1) is 24.2. The lowest BCUT2D eigenvalue weighted by atomic mass is 10.2. The van der Waals surface area contributed by atoms with Crippen molar-refractivity contribution < 1.29 is 26.0 Å². The highest BCUT2D eigenvalue weighted by molar-refractivity contribution is 7.89. The van der Waals surface area contributed by atoms with Gasteiger partial charge in [-0.3, -0.25) is 4.79 Å². The lowest BCUT2D eigenvalue weighted by Crippen LogP contribution is -2.40. The molecule has 4 rings (SSSR count). The lowest BCUT2D eigenvalue weighted by molar-refractivity contribution is -0.121.